The van der Waals surface area contributed by atoms with E-state index in [1.807, 2.05) is 0 Å². The molecule has 0 bridgehead atoms. The number of carboxylic acid groups (broad SMARTS) is 1. The molecule has 3 N–H and O–H groups in total. The Morgan fingerprint density at radius 2 is 1.76 bits per heavy atom. The highest BCUT2D eigenvalue weighted by Gasteiger charge is 2.44. The number of benzene rings is 1. The van der Waals surface area contributed by atoms with E-state index >= 15 is 0 Å². The lowest BCUT2D eigenvalue weighted by Gasteiger charge is -2.35. The number of hydrogen-bond donors (Lipinski definition) is 3. The number of carbonyl (C=O) groups is 3. The second-order valence-electron chi connectivity index (χ2n) is 6.50. The summed E-state index contributed by atoms with van der Waals surface area (Å²) in [6.45, 7) is 0.877. The molecule has 2 fully saturated rings. The minimum atomic E-state index is -0.919. The normalized spacial score (nSPS) is 25.2. The number of likely N-dealkylation sites (tertiary alicyclic amines) is 1. The highest BCUT2D eigenvalue weighted by molar-refractivity contribution is 5.90. The fourth-order valence-corrected chi connectivity index (χ4v) is 3.29. The monoisotopic (exact) mass is 349 g/mol. The molecular formula is C17H20FN3O4. The molecule has 0 radical (unpaired) electrons. The van der Waals surface area contributed by atoms with Gasteiger partial charge in [-0.15, -0.1) is 0 Å². The second kappa shape index (κ2) is 7.08. The van der Waals surface area contributed by atoms with E-state index < -0.39 is 23.8 Å². The van der Waals surface area contributed by atoms with Crippen LogP contribution in [-0.2, 0) is 9.59 Å². The van der Waals surface area contributed by atoms with Gasteiger partial charge in [0.15, 0.2) is 0 Å². The highest BCUT2D eigenvalue weighted by atomic mass is 19.1. The SMILES string of the molecule is O=C(Nc1ccc(F)cc1)NC1CCN(C(=O)C2CCC2C(=O)O)C1. The summed E-state index contributed by atoms with van der Waals surface area (Å²) >= 11 is 0. The van der Waals surface area contributed by atoms with E-state index in [2.05, 4.69) is 10.6 Å². The van der Waals surface area contributed by atoms with E-state index in [-0.39, 0.29) is 17.8 Å². The van der Waals surface area contributed by atoms with Crippen molar-refractivity contribution >= 4 is 23.6 Å². The Hall–Kier alpha value is -2.64. The first-order valence-corrected chi connectivity index (χ1v) is 8.28. The third-order valence-corrected chi connectivity index (χ3v) is 4.85. The fraction of sp³-hybridized carbons (Fsp3) is 0.471. The maximum absolute atomic E-state index is 12.8. The van der Waals surface area contributed by atoms with Crippen LogP contribution in [0.4, 0.5) is 14.9 Å². The van der Waals surface area contributed by atoms with Gasteiger partial charge in [0.1, 0.15) is 5.82 Å². The van der Waals surface area contributed by atoms with Crippen molar-refractivity contribution in [2.24, 2.45) is 11.8 Å². The van der Waals surface area contributed by atoms with Gasteiger partial charge in [-0.1, -0.05) is 0 Å². The largest absolute Gasteiger partial charge is 0.481 e. The van der Waals surface area contributed by atoms with Crippen molar-refractivity contribution in [1.82, 2.24) is 10.2 Å². The molecule has 3 rings (SSSR count). The van der Waals surface area contributed by atoms with Crippen LogP contribution in [0.3, 0.4) is 0 Å². The van der Waals surface area contributed by atoms with E-state index in [1.165, 1.54) is 24.3 Å². The summed E-state index contributed by atoms with van der Waals surface area (Å²) in [6, 6.07) is 4.82. The Kier molecular flexibility index (Phi) is 4.87. The number of carboxylic acids is 1. The molecule has 25 heavy (non-hydrogen) atoms. The molecule has 134 valence electrons. The van der Waals surface area contributed by atoms with E-state index in [9.17, 15) is 18.8 Å². The molecular weight excluding hydrogens is 329 g/mol. The van der Waals surface area contributed by atoms with E-state index in [4.69, 9.17) is 5.11 Å². The van der Waals surface area contributed by atoms with Gasteiger partial charge in [-0.2, -0.15) is 0 Å². The zero-order chi connectivity index (χ0) is 18.0. The van der Waals surface area contributed by atoms with Crippen LogP contribution in [0.15, 0.2) is 24.3 Å². The summed E-state index contributed by atoms with van der Waals surface area (Å²) in [5, 5.41) is 14.5. The van der Waals surface area contributed by atoms with Crippen molar-refractivity contribution in [2.45, 2.75) is 25.3 Å². The van der Waals surface area contributed by atoms with E-state index in [0.29, 0.717) is 38.0 Å². The number of nitrogens with zero attached hydrogens (tertiary/aromatic N) is 1. The van der Waals surface area contributed by atoms with Crippen molar-refractivity contribution in [3.8, 4) is 0 Å². The lowest BCUT2D eigenvalue weighted by Crippen LogP contribution is -2.46. The minimum absolute atomic E-state index is 0.137. The molecule has 1 heterocycles. The van der Waals surface area contributed by atoms with Crippen molar-refractivity contribution in [3.63, 3.8) is 0 Å². The molecule has 1 saturated carbocycles. The van der Waals surface area contributed by atoms with Gasteiger partial charge in [-0.3, -0.25) is 9.59 Å². The zero-order valence-corrected chi connectivity index (χ0v) is 13.6. The first kappa shape index (κ1) is 17.2. The molecule has 7 nitrogen and oxygen atoms in total. The number of amides is 3. The smallest absolute Gasteiger partial charge is 0.319 e. The van der Waals surface area contributed by atoms with Crippen LogP contribution in [0, 0.1) is 17.7 Å². The second-order valence-corrected chi connectivity index (χ2v) is 6.50. The number of hydrogen-bond acceptors (Lipinski definition) is 3. The maximum Gasteiger partial charge on any atom is 0.319 e. The van der Waals surface area contributed by atoms with Crippen LogP contribution in [0.5, 0.6) is 0 Å². The predicted molar refractivity (Wildman–Crippen MR) is 87.4 cm³/mol. The van der Waals surface area contributed by atoms with Crippen LogP contribution in [0.1, 0.15) is 19.3 Å². The highest BCUT2D eigenvalue weighted by Crippen LogP contribution is 2.36. The molecule has 3 unspecified atom stereocenters. The molecule has 0 spiro atoms. The molecule has 1 aliphatic heterocycles. The Morgan fingerprint density at radius 3 is 2.36 bits per heavy atom. The fourth-order valence-electron chi connectivity index (χ4n) is 3.29. The van der Waals surface area contributed by atoms with Gasteiger partial charge >= 0.3 is 12.0 Å². The third-order valence-electron chi connectivity index (χ3n) is 4.85. The molecule has 8 heteroatoms. The first-order chi connectivity index (χ1) is 11.9. The van der Waals surface area contributed by atoms with Gasteiger partial charge in [-0.25, -0.2) is 9.18 Å². The van der Waals surface area contributed by atoms with Crippen molar-refractivity contribution < 1.29 is 23.9 Å². The molecule has 3 amide bonds. The average molecular weight is 349 g/mol. The standard InChI is InChI=1S/C17H20FN3O4/c18-10-1-3-11(4-2-10)19-17(25)20-12-7-8-21(9-12)15(22)13-5-6-14(13)16(23)24/h1-4,12-14H,5-9H2,(H,23,24)(H2,19,20,25). The Labute approximate surface area is 144 Å². The van der Waals surface area contributed by atoms with Crippen LogP contribution >= 0.6 is 0 Å². The number of rotatable bonds is 4. The molecule has 1 saturated heterocycles. The Balaban J connectivity index is 1.47. The lowest BCUT2D eigenvalue weighted by atomic mass is 9.73. The number of halogens is 1. The molecule has 0 aromatic heterocycles. The summed E-state index contributed by atoms with van der Waals surface area (Å²) in [6.07, 6.45) is 1.77. The van der Waals surface area contributed by atoms with Gasteiger partial charge < -0.3 is 20.6 Å². The van der Waals surface area contributed by atoms with Crippen LogP contribution in [0.2, 0.25) is 0 Å². The summed E-state index contributed by atoms with van der Waals surface area (Å²) < 4.78 is 12.8. The van der Waals surface area contributed by atoms with Crippen LogP contribution < -0.4 is 10.6 Å². The van der Waals surface area contributed by atoms with E-state index in [1.54, 1.807) is 4.90 Å². The van der Waals surface area contributed by atoms with Gasteiger partial charge in [-0.05, 0) is 43.5 Å². The quantitative estimate of drug-likeness (QED) is 0.770. The lowest BCUT2D eigenvalue weighted by molar-refractivity contribution is -0.156. The Morgan fingerprint density at radius 1 is 1.08 bits per heavy atom. The number of aliphatic carboxylic acids is 1. The molecule has 1 aliphatic carbocycles. The van der Waals surface area contributed by atoms with Gasteiger partial charge in [0, 0.05) is 24.8 Å². The van der Waals surface area contributed by atoms with Crippen molar-refractivity contribution in [2.75, 3.05) is 18.4 Å². The van der Waals surface area contributed by atoms with Crippen molar-refractivity contribution in [1.29, 1.82) is 0 Å². The first-order valence-electron chi connectivity index (χ1n) is 8.28. The molecule has 1 aromatic rings. The summed E-state index contributed by atoms with van der Waals surface area (Å²) in [7, 11) is 0. The molecule has 1 aromatic carbocycles. The number of carbonyl (C=O) groups excluding carboxylic acids is 2. The molecule has 2 aliphatic rings. The van der Waals surface area contributed by atoms with Gasteiger partial charge in [0.2, 0.25) is 5.91 Å². The minimum Gasteiger partial charge on any atom is -0.481 e. The topological polar surface area (TPSA) is 98.7 Å². The summed E-state index contributed by atoms with van der Waals surface area (Å²) in [5.41, 5.74) is 0.476. The molecule has 3 atom stereocenters. The maximum atomic E-state index is 12.8. The Bertz CT molecular complexity index is 679. The number of anilines is 1. The van der Waals surface area contributed by atoms with Crippen LogP contribution in [-0.4, -0.2) is 47.0 Å². The summed E-state index contributed by atoms with van der Waals surface area (Å²) in [5.74, 6) is -2.46. The number of urea groups is 1. The predicted octanol–water partition coefficient (Wildman–Crippen LogP) is 1.66. The van der Waals surface area contributed by atoms with Gasteiger partial charge in [0.05, 0.1) is 11.8 Å². The zero-order valence-electron chi connectivity index (χ0n) is 13.6. The van der Waals surface area contributed by atoms with Crippen LogP contribution in [0.25, 0.3) is 0 Å². The van der Waals surface area contributed by atoms with Crippen molar-refractivity contribution in [3.05, 3.63) is 30.1 Å². The average Bonchev–Trinajstić information content (AvgIpc) is 2.96. The third kappa shape index (κ3) is 3.89. The number of nitrogens with one attached hydrogen (secondary N) is 2. The van der Waals surface area contributed by atoms with Gasteiger partial charge in [0.25, 0.3) is 0 Å². The summed E-state index contributed by atoms with van der Waals surface area (Å²) in [4.78, 5) is 37.1. The van der Waals surface area contributed by atoms with E-state index in [0.717, 1.165) is 0 Å².